The van der Waals surface area contributed by atoms with Gasteiger partial charge in [-0.2, -0.15) is 0 Å². The summed E-state index contributed by atoms with van der Waals surface area (Å²) in [6.45, 7) is 10.8. The summed E-state index contributed by atoms with van der Waals surface area (Å²) >= 11 is 0. The number of unbranched alkanes of at least 4 members (excludes halogenated alkanes) is 1. The van der Waals surface area contributed by atoms with Gasteiger partial charge >= 0.3 is 0 Å². The number of rotatable bonds is 9. The van der Waals surface area contributed by atoms with Gasteiger partial charge in [-0.25, -0.2) is 0 Å². The van der Waals surface area contributed by atoms with Crippen LogP contribution in [-0.4, -0.2) is 25.1 Å². The minimum absolute atomic E-state index is 0.859. The number of hydrogen-bond donors (Lipinski definition) is 0. The van der Waals surface area contributed by atoms with Gasteiger partial charge in [-0.3, -0.25) is 0 Å². The molecule has 0 aliphatic heterocycles. The van der Waals surface area contributed by atoms with Crippen molar-refractivity contribution in [2.45, 2.75) is 46.1 Å². The molecule has 1 aromatic carbocycles. The minimum Gasteiger partial charge on any atom is -0.325 e. The molecule has 0 N–H and O–H groups in total. The van der Waals surface area contributed by atoms with E-state index in [9.17, 15) is 0 Å². The van der Waals surface area contributed by atoms with Crippen LogP contribution in [0.2, 0.25) is 0 Å². The van der Waals surface area contributed by atoms with Crippen molar-refractivity contribution in [2.75, 3.05) is 20.6 Å². The van der Waals surface area contributed by atoms with E-state index in [0.717, 1.165) is 16.9 Å². The highest BCUT2D eigenvalue weighted by Crippen LogP contribution is 2.19. The molecule has 0 saturated carbocycles. The fourth-order valence-corrected chi connectivity index (χ4v) is 2.93. The van der Waals surface area contributed by atoms with E-state index < -0.39 is 0 Å². The average Bonchev–Trinajstić information content (AvgIpc) is 2.43. The molecule has 0 aliphatic carbocycles. The summed E-state index contributed by atoms with van der Waals surface area (Å²) in [7, 11) is 4.71. The summed E-state index contributed by atoms with van der Waals surface area (Å²) in [5, 5.41) is 0. The summed E-state index contributed by atoms with van der Waals surface area (Å²) in [4.78, 5) is 0. The molecule has 0 radical (unpaired) electrons. The molecular weight excluding hydrogens is 242 g/mol. The fraction of sp³-hybridized carbons (Fsp3) is 0.579. The first-order valence-corrected chi connectivity index (χ1v) is 8.04. The Morgan fingerprint density at radius 2 is 1.80 bits per heavy atom. The van der Waals surface area contributed by atoms with E-state index in [4.69, 9.17) is 0 Å². The van der Waals surface area contributed by atoms with Gasteiger partial charge < -0.3 is 4.48 Å². The van der Waals surface area contributed by atoms with Gasteiger partial charge in [-0.1, -0.05) is 63.6 Å². The van der Waals surface area contributed by atoms with Crippen molar-refractivity contribution < 1.29 is 4.48 Å². The van der Waals surface area contributed by atoms with Gasteiger partial charge in [-0.05, 0) is 18.4 Å². The number of benzene rings is 1. The molecule has 1 rings (SSSR count). The van der Waals surface area contributed by atoms with Gasteiger partial charge in [0.2, 0.25) is 0 Å². The van der Waals surface area contributed by atoms with E-state index in [2.05, 4.69) is 58.8 Å². The van der Waals surface area contributed by atoms with Crippen molar-refractivity contribution in [1.82, 2.24) is 0 Å². The summed E-state index contributed by atoms with van der Waals surface area (Å²) in [5.74, 6) is 0.859. The highest BCUT2D eigenvalue weighted by atomic mass is 15.3. The number of quaternary nitrogens is 1. The van der Waals surface area contributed by atoms with Crippen LogP contribution < -0.4 is 0 Å². The highest BCUT2D eigenvalue weighted by molar-refractivity contribution is 5.47. The Bertz CT molecular complexity index is 389. The van der Waals surface area contributed by atoms with E-state index in [-0.39, 0.29) is 0 Å². The van der Waals surface area contributed by atoms with Crippen LogP contribution in [0.5, 0.6) is 0 Å². The van der Waals surface area contributed by atoms with E-state index in [1.165, 1.54) is 43.4 Å². The van der Waals surface area contributed by atoms with Crippen LogP contribution in [0.25, 0.3) is 6.08 Å². The third-order valence-electron chi connectivity index (χ3n) is 4.12. The van der Waals surface area contributed by atoms with Crippen molar-refractivity contribution in [3.05, 3.63) is 42.0 Å². The van der Waals surface area contributed by atoms with Gasteiger partial charge in [-0.15, -0.1) is 0 Å². The molecule has 0 heterocycles. The average molecular weight is 274 g/mol. The second-order valence-electron chi connectivity index (χ2n) is 6.64. The van der Waals surface area contributed by atoms with Crippen molar-refractivity contribution in [3.63, 3.8) is 0 Å². The lowest BCUT2D eigenvalue weighted by Crippen LogP contribution is -2.42. The lowest BCUT2D eigenvalue weighted by molar-refractivity contribution is -0.907. The molecule has 1 heteroatoms. The van der Waals surface area contributed by atoms with Crippen molar-refractivity contribution in [2.24, 2.45) is 5.92 Å². The second-order valence-corrected chi connectivity index (χ2v) is 6.64. The third-order valence-corrected chi connectivity index (χ3v) is 4.12. The van der Waals surface area contributed by atoms with Gasteiger partial charge in [0.25, 0.3) is 0 Å². The maximum atomic E-state index is 3.81. The Labute approximate surface area is 125 Å². The van der Waals surface area contributed by atoms with Crippen LogP contribution in [0.15, 0.2) is 30.8 Å². The smallest absolute Gasteiger partial charge is 0.104 e. The lowest BCUT2D eigenvalue weighted by atomic mass is 9.97. The standard InChI is InChI=1S/C19H32N/c1-6-9-10-18(8-3)15-20(4,5)16-19-13-11-17(7-2)12-14-19/h7,11-14,18H,2,6,8-10,15-16H2,1,3-5H3/q+1. The topological polar surface area (TPSA) is 0 Å². The molecule has 0 saturated heterocycles. The Hall–Kier alpha value is -1.08. The molecule has 112 valence electrons. The zero-order chi connectivity index (χ0) is 15.0. The van der Waals surface area contributed by atoms with Gasteiger partial charge in [0.1, 0.15) is 6.54 Å². The largest absolute Gasteiger partial charge is 0.325 e. The molecule has 0 aromatic heterocycles. The fourth-order valence-electron chi connectivity index (χ4n) is 2.93. The Kier molecular flexibility index (Phi) is 7.01. The van der Waals surface area contributed by atoms with Crippen LogP contribution in [0.3, 0.4) is 0 Å². The van der Waals surface area contributed by atoms with Crippen LogP contribution in [0, 0.1) is 5.92 Å². The van der Waals surface area contributed by atoms with Crippen molar-refractivity contribution >= 4 is 6.08 Å². The van der Waals surface area contributed by atoms with E-state index >= 15 is 0 Å². The summed E-state index contributed by atoms with van der Waals surface area (Å²) in [5.41, 5.74) is 2.62. The third kappa shape index (κ3) is 5.92. The molecule has 0 bridgehead atoms. The predicted molar refractivity (Wildman–Crippen MR) is 90.5 cm³/mol. The highest BCUT2D eigenvalue weighted by Gasteiger charge is 2.21. The van der Waals surface area contributed by atoms with E-state index in [1.807, 2.05) is 6.08 Å². The molecule has 1 atom stereocenters. The molecule has 0 fully saturated rings. The quantitative estimate of drug-likeness (QED) is 0.548. The van der Waals surface area contributed by atoms with E-state index in [1.54, 1.807) is 0 Å². The van der Waals surface area contributed by atoms with E-state index in [0.29, 0.717) is 0 Å². The second kappa shape index (κ2) is 8.26. The van der Waals surface area contributed by atoms with Gasteiger partial charge in [0, 0.05) is 11.5 Å². The minimum atomic E-state index is 0.859. The Morgan fingerprint density at radius 1 is 1.15 bits per heavy atom. The van der Waals surface area contributed by atoms with Crippen LogP contribution >= 0.6 is 0 Å². The number of hydrogen-bond acceptors (Lipinski definition) is 0. The summed E-state index contributed by atoms with van der Waals surface area (Å²) < 4.78 is 1.08. The first-order chi connectivity index (χ1) is 9.50. The summed E-state index contributed by atoms with van der Waals surface area (Å²) in [6.07, 6.45) is 7.27. The maximum absolute atomic E-state index is 3.81. The van der Waals surface area contributed by atoms with Crippen LogP contribution in [0.1, 0.15) is 50.7 Å². The molecule has 0 aliphatic rings. The zero-order valence-corrected chi connectivity index (χ0v) is 13.9. The monoisotopic (exact) mass is 274 g/mol. The molecule has 1 nitrogen and oxygen atoms in total. The molecule has 1 aromatic rings. The Morgan fingerprint density at radius 3 is 2.30 bits per heavy atom. The predicted octanol–water partition coefficient (Wildman–Crippen LogP) is 5.12. The first-order valence-electron chi connectivity index (χ1n) is 8.04. The number of nitrogens with zero attached hydrogens (tertiary/aromatic N) is 1. The zero-order valence-electron chi connectivity index (χ0n) is 13.9. The molecule has 0 spiro atoms. The molecular formula is C19H32N+. The van der Waals surface area contributed by atoms with Crippen molar-refractivity contribution in [3.8, 4) is 0 Å². The van der Waals surface area contributed by atoms with Gasteiger partial charge in [0.05, 0.1) is 20.6 Å². The SMILES string of the molecule is C=Cc1ccc(C[N+](C)(C)CC(CC)CCCC)cc1. The first kappa shape index (κ1) is 17.0. The van der Waals surface area contributed by atoms with Crippen molar-refractivity contribution in [1.29, 1.82) is 0 Å². The van der Waals surface area contributed by atoms with Crippen LogP contribution in [0.4, 0.5) is 0 Å². The molecule has 0 amide bonds. The maximum Gasteiger partial charge on any atom is 0.104 e. The lowest BCUT2D eigenvalue weighted by Gasteiger charge is -2.33. The molecule has 1 unspecified atom stereocenters. The molecule has 20 heavy (non-hydrogen) atoms. The normalized spacial score (nSPS) is 13.2. The Balaban J connectivity index is 2.59. The summed E-state index contributed by atoms with van der Waals surface area (Å²) in [6, 6.07) is 8.81. The van der Waals surface area contributed by atoms with Gasteiger partial charge in [0.15, 0.2) is 0 Å². The van der Waals surface area contributed by atoms with Crippen LogP contribution in [-0.2, 0) is 6.54 Å².